The smallest absolute Gasteiger partial charge is 0.303 e. The second-order valence-electron chi connectivity index (χ2n) is 6.12. The highest BCUT2D eigenvalue weighted by Gasteiger charge is 2.51. The van der Waals surface area contributed by atoms with E-state index in [9.17, 15) is 14.4 Å². The zero-order chi connectivity index (χ0) is 21.3. The molecule has 1 aliphatic rings. The molecule has 3 heterocycles. The van der Waals surface area contributed by atoms with Gasteiger partial charge in [-0.1, -0.05) is 11.6 Å². The largest absolute Gasteiger partial charge is 0.463 e. The Balaban J connectivity index is 2.04. The fraction of sp³-hybridized carbons (Fsp3) is 0.500. The molecule has 0 spiro atoms. The van der Waals surface area contributed by atoms with Crippen LogP contribution in [0.1, 0.15) is 27.0 Å². The van der Waals surface area contributed by atoms with E-state index in [-0.39, 0.29) is 28.2 Å². The van der Waals surface area contributed by atoms with Gasteiger partial charge in [0, 0.05) is 20.8 Å². The van der Waals surface area contributed by atoms with Crippen LogP contribution in [0.3, 0.4) is 0 Å². The molecule has 0 bridgehead atoms. The monoisotopic (exact) mass is 446 g/mol. The number of rotatable bonds is 5. The van der Waals surface area contributed by atoms with Gasteiger partial charge in [0.2, 0.25) is 5.28 Å². The van der Waals surface area contributed by atoms with Gasteiger partial charge in [-0.3, -0.25) is 19.0 Å². The summed E-state index contributed by atoms with van der Waals surface area (Å²) in [6.45, 7) is 3.38. The SMILES string of the molecule is CC(=O)OC[C@@H]1O[C@H](n2cnc3c(Cl)nc(Cl)nc32)[C@H](OC(C)=O)[C@@H]1OC(C)=O. The van der Waals surface area contributed by atoms with E-state index in [0.717, 1.165) is 0 Å². The molecule has 2 aromatic heterocycles. The molecule has 0 amide bonds. The first-order chi connectivity index (χ1) is 13.7. The third-order valence-corrected chi connectivity index (χ3v) is 4.40. The number of imidazole rings is 1. The summed E-state index contributed by atoms with van der Waals surface area (Å²) in [5, 5.41) is -0.104. The second-order valence-corrected chi connectivity index (χ2v) is 6.82. The molecule has 13 heteroatoms. The van der Waals surface area contributed by atoms with Crippen molar-refractivity contribution < 1.29 is 33.3 Å². The molecule has 1 saturated heterocycles. The summed E-state index contributed by atoms with van der Waals surface area (Å²) in [6.07, 6.45) is -2.71. The quantitative estimate of drug-likeness (QED) is 0.287. The van der Waals surface area contributed by atoms with Gasteiger partial charge < -0.3 is 18.9 Å². The highest BCUT2D eigenvalue weighted by Crippen LogP contribution is 2.36. The average molecular weight is 447 g/mol. The normalized spacial score (nSPS) is 23.8. The lowest BCUT2D eigenvalue weighted by Gasteiger charge is -2.23. The minimum atomic E-state index is -1.08. The number of hydrogen-bond acceptors (Lipinski definition) is 10. The van der Waals surface area contributed by atoms with E-state index in [1.165, 1.54) is 31.7 Å². The molecule has 11 nitrogen and oxygen atoms in total. The molecule has 4 atom stereocenters. The summed E-state index contributed by atoms with van der Waals surface area (Å²) in [6, 6.07) is 0. The van der Waals surface area contributed by atoms with Crippen LogP contribution in [0.5, 0.6) is 0 Å². The van der Waals surface area contributed by atoms with E-state index in [1.54, 1.807) is 0 Å². The van der Waals surface area contributed by atoms with Crippen LogP contribution in [-0.4, -0.2) is 62.3 Å². The predicted molar refractivity (Wildman–Crippen MR) is 97.0 cm³/mol. The molecule has 156 valence electrons. The fourth-order valence-corrected chi connectivity index (χ4v) is 3.38. The number of nitrogens with zero attached hydrogens (tertiary/aromatic N) is 4. The van der Waals surface area contributed by atoms with Gasteiger partial charge in [-0.15, -0.1) is 0 Å². The molecule has 0 aliphatic carbocycles. The number of carbonyl (C=O) groups excluding carboxylic acids is 3. The lowest BCUT2D eigenvalue weighted by Crippen LogP contribution is -2.40. The summed E-state index contributed by atoms with van der Waals surface area (Å²) < 4.78 is 23.0. The van der Waals surface area contributed by atoms with Crippen LogP contribution in [0.2, 0.25) is 10.4 Å². The molecule has 0 saturated carbocycles. The number of fused-ring (bicyclic) bond motifs is 1. The Labute approximate surface area is 174 Å². The van der Waals surface area contributed by atoms with Crippen LogP contribution in [-0.2, 0) is 33.3 Å². The van der Waals surface area contributed by atoms with Gasteiger partial charge in [-0.25, -0.2) is 9.97 Å². The fourth-order valence-electron chi connectivity index (χ4n) is 2.96. The van der Waals surface area contributed by atoms with Gasteiger partial charge in [0.25, 0.3) is 0 Å². The zero-order valence-corrected chi connectivity index (χ0v) is 17.0. The summed E-state index contributed by atoms with van der Waals surface area (Å²) in [5.41, 5.74) is 0.459. The maximum Gasteiger partial charge on any atom is 0.303 e. The minimum Gasteiger partial charge on any atom is -0.463 e. The van der Waals surface area contributed by atoms with Crippen molar-refractivity contribution in [3.63, 3.8) is 0 Å². The Morgan fingerprint density at radius 2 is 1.72 bits per heavy atom. The van der Waals surface area contributed by atoms with Crippen molar-refractivity contribution in [2.75, 3.05) is 6.61 Å². The third kappa shape index (κ3) is 4.57. The molecule has 0 radical (unpaired) electrons. The van der Waals surface area contributed by atoms with E-state index >= 15 is 0 Å². The molecule has 0 N–H and O–H groups in total. The van der Waals surface area contributed by atoms with Crippen molar-refractivity contribution in [3.05, 3.63) is 16.8 Å². The first kappa shape index (κ1) is 21.2. The van der Waals surface area contributed by atoms with Gasteiger partial charge >= 0.3 is 17.9 Å². The van der Waals surface area contributed by atoms with Crippen molar-refractivity contribution in [1.29, 1.82) is 0 Å². The third-order valence-electron chi connectivity index (χ3n) is 3.97. The molecule has 1 aliphatic heterocycles. The molecule has 3 rings (SSSR count). The average Bonchev–Trinajstić information content (AvgIpc) is 3.15. The van der Waals surface area contributed by atoms with Crippen LogP contribution < -0.4 is 0 Å². The van der Waals surface area contributed by atoms with Crippen LogP contribution in [0.15, 0.2) is 6.33 Å². The first-order valence-corrected chi connectivity index (χ1v) is 9.11. The molecule has 2 aromatic rings. The first-order valence-electron chi connectivity index (χ1n) is 8.36. The van der Waals surface area contributed by atoms with Crippen LogP contribution in [0.4, 0.5) is 0 Å². The molecular formula is C16H16Cl2N4O7. The number of hydrogen-bond donors (Lipinski definition) is 0. The van der Waals surface area contributed by atoms with Crippen molar-refractivity contribution in [2.45, 2.75) is 45.3 Å². The lowest BCUT2D eigenvalue weighted by molar-refractivity contribution is -0.166. The maximum atomic E-state index is 11.7. The number of esters is 3. The molecule has 0 aromatic carbocycles. The highest BCUT2D eigenvalue weighted by molar-refractivity contribution is 6.35. The van der Waals surface area contributed by atoms with E-state index in [2.05, 4.69) is 15.0 Å². The minimum absolute atomic E-state index is 0.0220. The van der Waals surface area contributed by atoms with Crippen LogP contribution in [0, 0.1) is 0 Å². The molecular weight excluding hydrogens is 431 g/mol. The lowest BCUT2D eigenvalue weighted by atomic mass is 10.1. The summed E-state index contributed by atoms with van der Waals surface area (Å²) in [5.74, 6) is -1.82. The van der Waals surface area contributed by atoms with Gasteiger partial charge in [0.05, 0.1) is 6.33 Å². The van der Waals surface area contributed by atoms with Gasteiger partial charge in [-0.2, -0.15) is 4.98 Å². The molecule has 1 fully saturated rings. The Hall–Kier alpha value is -2.50. The van der Waals surface area contributed by atoms with Crippen LogP contribution in [0.25, 0.3) is 11.2 Å². The van der Waals surface area contributed by atoms with E-state index < -0.39 is 42.4 Å². The van der Waals surface area contributed by atoms with E-state index in [4.69, 9.17) is 42.1 Å². The topological polar surface area (TPSA) is 132 Å². The Bertz CT molecular complexity index is 966. The Morgan fingerprint density at radius 1 is 1.07 bits per heavy atom. The Kier molecular flexibility index (Phi) is 6.20. The predicted octanol–water partition coefficient (Wildman–Crippen LogP) is 1.46. The van der Waals surface area contributed by atoms with Gasteiger partial charge in [-0.05, 0) is 11.6 Å². The summed E-state index contributed by atoms with van der Waals surface area (Å²) in [4.78, 5) is 46.6. The van der Waals surface area contributed by atoms with Gasteiger partial charge in [0.15, 0.2) is 29.2 Å². The van der Waals surface area contributed by atoms with Gasteiger partial charge in [0.1, 0.15) is 18.2 Å². The number of halogens is 2. The molecule has 0 unspecified atom stereocenters. The summed E-state index contributed by atoms with van der Waals surface area (Å²) in [7, 11) is 0. The zero-order valence-electron chi connectivity index (χ0n) is 15.5. The number of aromatic nitrogens is 4. The number of ether oxygens (including phenoxy) is 4. The van der Waals surface area contributed by atoms with Crippen molar-refractivity contribution in [1.82, 2.24) is 19.5 Å². The number of carbonyl (C=O) groups is 3. The second kappa shape index (κ2) is 8.47. The van der Waals surface area contributed by atoms with E-state index in [1.807, 2.05) is 0 Å². The molecule has 29 heavy (non-hydrogen) atoms. The standard InChI is InChI=1S/C16H16Cl2N4O7/c1-6(23)26-4-9-11(27-7(2)24)12(28-8(3)25)15(29-9)22-5-19-10-13(17)20-16(18)21-14(10)22/h5,9,11-12,15H,4H2,1-3H3/t9-,11+,12+,15-/m0/s1. The van der Waals surface area contributed by atoms with Crippen molar-refractivity contribution in [2.24, 2.45) is 0 Å². The van der Waals surface area contributed by atoms with Crippen LogP contribution >= 0.6 is 23.2 Å². The van der Waals surface area contributed by atoms with Crippen molar-refractivity contribution in [3.8, 4) is 0 Å². The highest BCUT2D eigenvalue weighted by atomic mass is 35.5. The maximum absolute atomic E-state index is 11.7. The van der Waals surface area contributed by atoms with E-state index in [0.29, 0.717) is 0 Å². The summed E-state index contributed by atoms with van der Waals surface area (Å²) >= 11 is 11.9. The Morgan fingerprint density at radius 3 is 2.34 bits per heavy atom. The van der Waals surface area contributed by atoms with Crippen molar-refractivity contribution >= 4 is 52.3 Å².